The molecule has 0 aliphatic heterocycles. The normalized spacial score (nSPS) is 27.9. The van der Waals surface area contributed by atoms with Crippen molar-refractivity contribution in [1.29, 1.82) is 0 Å². The van der Waals surface area contributed by atoms with Gasteiger partial charge in [0.1, 0.15) is 0 Å². The van der Waals surface area contributed by atoms with E-state index in [9.17, 15) is 13.2 Å². The Kier molecular flexibility index (Phi) is 5.55. The molecule has 0 bridgehead atoms. The van der Waals surface area contributed by atoms with E-state index in [2.05, 4.69) is 32.8 Å². The summed E-state index contributed by atoms with van der Waals surface area (Å²) in [6.07, 6.45) is -1.80. The SMILES string of the molecule is CC1CCC([C@@H](C)N(C)C)C1Pc1ccc(C(F)(F)F)cc1. The van der Waals surface area contributed by atoms with Crippen LogP contribution in [0.3, 0.4) is 0 Å². The third-order valence-electron chi connectivity index (χ3n) is 5.01. The van der Waals surface area contributed by atoms with Crippen LogP contribution in [0.15, 0.2) is 24.3 Å². The molecule has 0 aromatic heterocycles. The van der Waals surface area contributed by atoms with E-state index in [0.717, 1.165) is 5.30 Å². The van der Waals surface area contributed by atoms with Gasteiger partial charge in [0.15, 0.2) is 0 Å². The summed E-state index contributed by atoms with van der Waals surface area (Å²) in [5, 5.41) is 1.04. The summed E-state index contributed by atoms with van der Waals surface area (Å²) in [7, 11) is 4.80. The predicted molar refractivity (Wildman–Crippen MR) is 88.2 cm³/mol. The fourth-order valence-electron chi connectivity index (χ4n) is 3.36. The van der Waals surface area contributed by atoms with Gasteiger partial charge in [0, 0.05) is 6.04 Å². The molecule has 0 heterocycles. The molecule has 0 N–H and O–H groups in total. The molecule has 1 fully saturated rings. The molecule has 5 atom stereocenters. The molecule has 1 aliphatic rings. The molecular weight excluding hydrogens is 306 g/mol. The largest absolute Gasteiger partial charge is 0.416 e. The maximum Gasteiger partial charge on any atom is 0.416 e. The van der Waals surface area contributed by atoms with Crippen LogP contribution in [0.5, 0.6) is 0 Å². The minimum absolute atomic E-state index is 0.511. The highest BCUT2D eigenvalue weighted by Crippen LogP contribution is 2.44. The van der Waals surface area contributed by atoms with Crippen LogP contribution in [0.1, 0.15) is 32.3 Å². The highest BCUT2D eigenvalue weighted by atomic mass is 31.1. The average molecular weight is 331 g/mol. The van der Waals surface area contributed by atoms with E-state index >= 15 is 0 Å². The molecule has 0 saturated heterocycles. The summed E-state index contributed by atoms with van der Waals surface area (Å²) in [5.41, 5.74) is 0.0212. The first-order valence-electron chi connectivity index (χ1n) is 7.80. The van der Waals surface area contributed by atoms with Crippen LogP contribution in [-0.2, 0) is 6.18 Å². The molecule has 1 saturated carbocycles. The third kappa shape index (κ3) is 4.02. The van der Waals surface area contributed by atoms with Crippen molar-refractivity contribution in [1.82, 2.24) is 4.90 Å². The Morgan fingerprint density at radius 2 is 1.73 bits per heavy atom. The Balaban J connectivity index is 2.10. The molecule has 22 heavy (non-hydrogen) atoms. The van der Waals surface area contributed by atoms with E-state index in [0.29, 0.717) is 32.1 Å². The number of hydrogen-bond acceptors (Lipinski definition) is 1. The summed E-state index contributed by atoms with van der Waals surface area (Å²) in [4.78, 5) is 2.26. The summed E-state index contributed by atoms with van der Waals surface area (Å²) in [6, 6.07) is 6.25. The van der Waals surface area contributed by atoms with Crippen molar-refractivity contribution in [3.8, 4) is 0 Å². The molecule has 0 amide bonds. The van der Waals surface area contributed by atoms with Crippen LogP contribution in [-0.4, -0.2) is 30.7 Å². The number of benzene rings is 1. The smallest absolute Gasteiger partial charge is 0.306 e. The van der Waals surface area contributed by atoms with Gasteiger partial charge in [-0.15, -0.1) is 0 Å². The molecule has 0 spiro atoms. The first kappa shape index (κ1) is 17.7. The van der Waals surface area contributed by atoms with Gasteiger partial charge in [-0.05, 0) is 68.8 Å². The molecule has 5 heteroatoms. The molecule has 2 rings (SSSR count). The van der Waals surface area contributed by atoms with Crippen LogP contribution in [0.25, 0.3) is 0 Å². The number of hydrogen-bond donors (Lipinski definition) is 0. The number of halogens is 3. The van der Waals surface area contributed by atoms with Crippen molar-refractivity contribution < 1.29 is 13.2 Å². The van der Waals surface area contributed by atoms with Crippen LogP contribution < -0.4 is 5.30 Å². The van der Waals surface area contributed by atoms with Gasteiger partial charge in [-0.25, -0.2) is 0 Å². The minimum atomic E-state index is -4.25. The van der Waals surface area contributed by atoms with Gasteiger partial charge < -0.3 is 4.90 Å². The lowest BCUT2D eigenvalue weighted by atomic mass is 9.97. The van der Waals surface area contributed by atoms with Crippen LogP contribution in [0.2, 0.25) is 0 Å². The Morgan fingerprint density at radius 3 is 2.23 bits per heavy atom. The van der Waals surface area contributed by atoms with E-state index in [1.807, 2.05) is 0 Å². The summed E-state index contributed by atoms with van der Waals surface area (Å²) < 4.78 is 37.9. The van der Waals surface area contributed by atoms with Crippen molar-refractivity contribution in [2.24, 2.45) is 11.8 Å². The van der Waals surface area contributed by atoms with Gasteiger partial charge in [-0.3, -0.25) is 0 Å². The zero-order chi connectivity index (χ0) is 16.5. The first-order chi connectivity index (χ1) is 10.2. The Bertz CT molecular complexity index is 484. The van der Waals surface area contributed by atoms with Gasteiger partial charge in [0.05, 0.1) is 5.56 Å². The van der Waals surface area contributed by atoms with E-state index < -0.39 is 11.7 Å². The monoisotopic (exact) mass is 331 g/mol. The van der Waals surface area contributed by atoms with Crippen molar-refractivity contribution in [3.05, 3.63) is 29.8 Å². The van der Waals surface area contributed by atoms with Gasteiger partial charge in [-0.1, -0.05) is 27.6 Å². The second-order valence-corrected chi connectivity index (χ2v) is 8.20. The van der Waals surface area contributed by atoms with Crippen molar-refractivity contribution in [2.45, 2.75) is 44.6 Å². The Labute approximate surface area is 133 Å². The molecule has 1 aromatic rings. The van der Waals surface area contributed by atoms with Gasteiger partial charge >= 0.3 is 6.18 Å². The van der Waals surface area contributed by atoms with E-state index in [4.69, 9.17) is 0 Å². The van der Waals surface area contributed by atoms with E-state index in [1.165, 1.54) is 25.0 Å². The zero-order valence-corrected chi connectivity index (χ0v) is 14.6. The summed E-state index contributed by atoms with van der Waals surface area (Å²) in [6.45, 7) is 4.54. The fourth-order valence-corrected chi connectivity index (χ4v) is 5.21. The van der Waals surface area contributed by atoms with Crippen LogP contribution in [0.4, 0.5) is 13.2 Å². The molecule has 0 radical (unpaired) electrons. The van der Waals surface area contributed by atoms with Crippen LogP contribution >= 0.6 is 8.58 Å². The lowest BCUT2D eigenvalue weighted by molar-refractivity contribution is -0.137. The molecule has 124 valence electrons. The Morgan fingerprint density at radius 1 is 1.14 bits per heavy atom. The van der Waals surface area contributed by atoms with E-state index in [-0.39, 0.29) is 0 Å². The maximum atomic E-state index is 12.6. The fraction of sp³-hybridized carbons (Fsp3) is 0.647. The zero-order valence-electron chi connectivity index (χ0n) is 13.6. The first-order valence-corrected chi connectivity index (χ1v) is 8.88. The highest BCUT2D eigenvalue weighted by molar-refractivity contribution is 7.48. The van der Waals surface area contributed by atoms with Gasteiger partial charge in [-0.2, -0.15) is 13.2 Å². The number of alkyl halides is 3. The lowest BCUT2D eigenvalue weighted by Gasteiger charge is -2.32. The lowest BCUT2D eigenvalue weighted by Crippen LogP contribution is -2.36. The predicted octanol–water partition coefficient (Wildman–Crippen LogP) is 4.37. The molecule has 1 aromatic carbocycles. The minimum Gasteiger partial charge on any atom is -0.306 e. The quantitative estimate of drug-likeness (QED) is 0.741. The maximum absolute atomic E-state index is 12.6. The van der Waals surface area contributed by atoms with Gasteiger partial charge in [0.25, 0.3) is 0 Å². The molecular formula is C17H25F3NP. The van der Waals surface area contributed by atoms with E-state index in [1.54, 1.807) is 12.1 Å². The average Bonchev–Trinajstić information content (AvgIpc) is 2.79. The Hall–Kier alpha value is -0.600. The van der Waals surface area contributed by atoms with Crippen molar-refractivity contribution in [3.63, 3.8) is 0 Å². The second-order valence-electron chi connectivity index (χ2n) is 6.67. The number of nitrogens with zero attached hydrogens (tertiary/aromatic N) is 1. The second kappa shape index (κ2) is 6.88. The summed E-state index contributed by atoms with van der Waals surface area (Å²) in [5.74, 6) is 1.28. The standard InChI is InChI=1S/C17H25F3NP/c1-11-5-10-15(12(2)21(3)4)16(11)22-14-8-6-13(7-9-14)17(18,19)20/h6-9,11-12,15-16,22H,5,10H2,1-4H3/t11?,12-,15?,16?/m1/s1. The molecule has 1 nitrogen and oxygen atoms in total. The highest BCUT2D eigenvalue weighted by Gasteiger charge is 2.37. The topological polar surface area (TPSA) is 3.24 Å². The molecule has 4 unspecified atom stereocenters. The summed E-state index contributed by atoms with van der Waals surface area (Å²) >= 11 is 0. The van der Waals surface area contributed by atoms with Crippen molar-refractivity contribution >= 4 is 13.9 Å². The van der Waals surface area contributed by atoms with Crippen molar-refractivity contribution in [2.75, 3.05) is 14.1 Å². The van der Waals surface area contributed by atoms with Gasteiger partial charge in [0.2, 0.25) is 0 Å². The number of rotatable bonds is 4. The molecule has 1 aliphatic carbocycles. The third-order valence-corrected chi connectivity index (χ3v) is 7.01. The van der Waals surface area contributed by atoms with Crippen LogP contribution in [0, 0.1) is 11.8 Å².